The van der Waals surface area contributed by atoms with Crippen molar-refractivity contribution < 1.29 is 17.9 Å². The highest BCUT2D eigenvalue weighted by atomic mass is 35.5. The molecule has 3 aromatic carbocycles. The van der Waals surface area contributed by atoms with Crippen molar-refractivity contribution in [3.8, 4) is 5.75 Å². The maximum Gasteiger partial charge on any atom is 0.265 e. The SMILES string of the molecule is CC(Oc1ccccc1)C(=O)Nc1cccc(S(=O)(=O)Nc2ccccc2Cl)c1. The van der Waals surface area contributed by atoms with E-state index in [9.17, 15) is 13.2 Å². The minimum atomic E-state index is -3.88. The predicted octanol–water partition coefficient (Wildman–Crippen LogP) is 4.55. The van der Waals surface area contributed by atoms with Gasteiger partial charge in [-0.25, -0.2) is 8.42 Å². The Kier molecular flexibility index (Phi) is 6.41. The Morgan fingerprint density at radius 2 is 1.66 bits per heavy atom. The van der Waals surface area contributed by atoms with Crippen LogP contribution >= 0.6 is 11.6 Å². The number of halogens is 1. The van der Waals surface area contributed by atoms with Gasteiger partial charge in [-0.1, -0.05) is 48.0 Å². The predicted molar refractivity (Wildman–Crippen MR) is 114 cm³/mol. The minimum Gasteiger partial charge on any atom is -0.481 e. The van der Waals surface area contributed by atoms with E-state index < -0.39 is 22.0 Å². The van der Waals surface area contributed by atoms with E-state index in [2.05, 4.69) is 10.0 Å². The van der Waals surface area contributed by atoms with Crippen molar-refractivity contribution in [3.63, 3.8) is 0 Å². The summed E-state index contributed by atoms with van der Waals surface area (Å²) in [5.41, 5.74) is 0.606. The standard InChI is InChI=1S/C21H19ClN2O4S/c1-15(28-17-9-3-2-4-10-17)21(25)23-16-8-7-11-18(14-16)29(26,27)24-20-13-6-5-12-19(20)22/h2-15,24H,1H3,(H,23,25). The van der Waals surface area contributed by atoms with E-state index in [0.717, 1.165) is 0 Å². The van der Waals surface area contributed by atoms with Gasteiger partial charge in [0.15, 0.2) is 6.10 Å². The van der Waals surface area contributed by atoms with Gasteiger partial charge < -0.3 is 10.1 Å². The lowest BCUT2D eigenvalue weighted by atomic mass is 10.3. The van der Waals surface area contributed by atoms with E-state index in [-0.39, 0.29) is 15.6 Å². The van der Waals surface area contributed by atoms with Gasteiger partial charge in [0.1, 0.15) is 5.75 Å². The first kappa shape index (κ1) is 20.7. The molecule has 2 N–H and O–H groups in total. The number of nitrogens with one attached hydrogen (secondary N) is 2. The molecule has 3 rings (SSSR count). The molecule has 0 aliphatic rings. The number of sulfonamides is 1. The second-order valence-electron chi connectivity index (χ2n) is 6.18. The zero-order valence-electron chi connectivity index (χ0n) is 15.5. The second-order valence-corrected chi connectivity index (χ2v) is 8.27. The first-order chi connectivity index (χ1) is 13.8. The number of benzene rings is 3. The van der Waals surface area contributed by atoms with Crippen LogP contribution in [0.15, 0.2) is 83.8 Å². The normalized spacial score (nSPS) is 12.1. The van der Waals surface area contributed by atoms with Crippen molar-refractivity contribution >= 4 is 38.9 Å². The summed E-state index contributed by atoms with van der Waals surface area (Å²) in [4.78, 5) is 12.4. The van der Waals surface area contributed by atoms with E-state index in [1.807, 2.05) is 6.07 Å². The van der Waals surface area contributed by atoms with Crippen LogP contribution in [0.2, 0.25) is 5.02 Å². The number of carbonyl (C=O) groups excluding carboxylic acids is 1. The van der Waals surface area contributed by atoms with E-state index in [1.165, 1.54) is 12.1 Å². The van der Waals surface area contributed by atoms with Crippen molar-refractivity contribution in [2.75, 3.05) is 10.0 Å². The monoisotopic (exact) mass is 430 g/mol. The third-order valence-electron chi connectivity index (χ3n) is 3.96. The molecule has 1 atom stereocenters. The number of rotatable bonds is 7. The van der Waals surface area contributed by atoms with Crippen LogP contribution in [-0.4, -0.2) is 20.4 Å². The van der Waals surface area contributed by atoms with Gasteiger partial charge in [-0.3, -0.25) is 9.52 Å². The molecule has 0 heterocycles. The molecule has 1 amide bonds. The van der Waals surface area contributed by atoms with Gasteiger partial charge in [0.2, 0.25) is 0 Å². The smallest absolute Gasteiger partial charge is 0.265 e. The molecule has 8 heteroatoms. The zero-order chi connectivity index (χ0) is 20.9. The molecule has 0 aromatic heterocycles. The van der Waals surface area contributed by atoms with Crippen LogP contribution in [0.5, 0.6) is 5.75 Å². The maximum absolute atomic E-state index is 12.7. The van der Waals surface area contributed by atoms with Gasteiger partial charge in [-0.15, -0.1) is 0 Å². The number of amides is 1. The van der Waals surface area contributed by atoms with Gasteiger partial charge in [-0.2, -0.15) is 0 Å². The van der Waals surface area contributed by atoms with E-state index in [0.29, 0.717) is 11.4 Å². The highest BCUT2D eigenvalue weighted by Gasteiger charge is 2.18. The Balaban J connectivity index is 1.72. The van der Waals surface area contributed by atoms with E-state index in [1.54, 1.807) is 67.6 Å². The van der Waals surface area contributed by atoms with Crippen LogP contribution in [0.25, 0.3) is 0 Å². The molecule has 0 aliphatic heterocycles. The van der Waals surface area contributed by atoms with Crippen molar-refractivity contribution in [2.45, 2.75) is 17.9 Å². The lowest BCUT2D eigenvalue weighted by Gasteiger charge is -2.15. The first-order valence-corrected chi connectivity index (χ1v) is 10.6. The molecule has 29 heavy (non-hydrogen) atoms. The highest BCUT2D eigenvalue weighted by molar-refractivity contribution is 7.92. The zero-order valence-corrected chi connectivity index (χ0v) is 17.1. The summed E-state index contributed by atoms with van der Waals surface area (Å²) < 4.78 is 33.3. The summed E-state index contributed by atoms with van der Waals surface area (Å²) in [6.45, 7) is 1.61. The lowest BCUT2D eigenvalue weighted by Crippen LogP contribution is -2.30. The minimum absolute atomic E-state index is 0.00755. The molecular weight excluding hydrogens is 412 g/mol. The summed E-state index contributed by atoms with van der Waals surface area (Å²) in [5.74, 6) is 0.165. The molecule has 0 spiro atoms. The van der Waals surface area contributed by atoms with E-state index >= 15 is 0 Å². The molecular formula is C21H19ClN2O4S. The molecule has 0 radical (unpaired) electrons. The van der Waals surface area contributed by atoms with Crippen molar-refractivity contribution in [2.24, 2.45) is 0 Å². The Labute approximate surface area is 174 Å². The fourth-order valence-electron chi connectivity index (χ4n) is 2.49. The largest absolute Gasteiger partial charge is 0.481 e. The molecule has 0 aliphatic carbocycles. The number of anilines is 2. The second kappa shape index (κ2) is 8.98. The van der Waals surface area contributed by atoms with Gasteiger partial charge in [0.25, 0.3) is 15.9 Å². The van der Waals surface area contributed by atoms with Crippen LogP contribution < -0.4 is 14.8 Å². The Morgan fingerprint density at radius 1 is 0.966 bits per heavy atom. The first-order valence-electron chi connectivity index (χ1n) is 8.75. The Hall–Kier alpha value is -3.03. The van der Waals surface area contributed by atoms with Crippen LogP contribution in [0, 0.1) is 0 Å². The van der Waals surface area contributed by atoms with Crippen molar-refractivity contribution in [1.82, 2.24) is 0 Å². The molecule has 6 nitrogen and oxygen atoms in total. The van der Waals surface area contributed by atoms with Crippen molar-refractivity contribution in [3.05, 3.63) is 83.9 Å². The Bertz CT molecular complexity index is 1100. The topological polar surface area (TPSA) is 84.5 Å². The summed E-state index contributed by atoms with van der Waals surface area (Å²) >= 11 is 6.02. The molecule has 1 unspecified atom stereocenters. The van der Waals surface area contributed by atoms with Crippen LogP contribution in [0.4, 0.5) is 11.4 Å². The molecule has 0 saturated heterocycles. The molecule has 150 valence electrons. The molecule has 0 saturated carbocycles. The number of hydrogen-bond acceptors (Lipinski definition) is 4. The van der Waals surface area contributed by atoms with Crippen LogP contribution in [-0.2, 0) is 14.8 Å². The summed E-state index contributed by atoms with van der Waals surface area (Å²) in [6, 6.07) is 21.4. The summed E-state index contributed by atoms with van der Waals surface area (Å²) in [7, 11) is -3.88. The maximum atomic E-state index is 12.7. The fraction of sp³-hybridized carbons (Fsp3) is 0.0952. The molecule has 3 aromatic rings. The molecule has 0 bridgehead atoms. The number of ether oxygens (including phenoxy) is 1. The Morgan fingerprint density at radius 3 is 2.38 bits per heavy atom. The van der Waals surface area contributed by atoms with Crippen molar-refractivity contribution in [1.29, 1.82) is 0 Å². The average molecular weight is 431 g/mol. The van der Waals surface area contributed by atoms with Gasteiger partial charge in [-0.05, 0) is 49.4 Å². The van der Waals surface area contributed by atoms with Gasteiger partial charge in [0, 0.05) is 5.69 Å². The highest BCUT2D eigenvalue weighted by Crippen LogP contribution is 2.25. The summed E-state index contributed by atoms with van der Waals surface area (Å²) in [5, 5.41) is 2.95. The lowest BCUT2D eigenvalue weighted by molar-refractivity contribution is -0.122. The average Bonchev–Trinajstić information content (AvgIpc) is 2.70. The number of para-hydroxylation sites is 2. The number of hydrogen-bond donors (Lipinski definition) is 2. The quantitative estimate of drug-likeness (QED) is 0.576. The van der Waals surface area contributed by atoms with Gasteiger partial charge in [0.05, 0.1) is 15.6 Å². The van der Waals surface area contributed by atoms with Crippen LogP contribution in [0.1, 0.15) is 6.92 Å². The third kappa shape index (κ3) is 5.49. The third-order valence-corrected chi connectivity index (χ3v) is 5.65. The van der Waals surface area contributed by atoms with Gasteiger partial charge >= 0.3 is 0 Å². The number of carbonyl (C=O) groups is 1. The van der Waals surface area contributed by atoms with Crippen LogP contribution in [0.3, 0.4) is 0 Å². The molecule has 0 fully saturated rings. The fourth-order valence-corrected chi connectivity index (χ4v) is 3.85. The van der Waals surface area contributed by atoms with E-state index in [4.69, 9.17) is 16.3 Å². The summed E-state index contributed by atoms with van der Waals surface area (Å²) in [6.07, 6.45) is -0.765.